The fourth-order valence-corrected chi connectivity index (χ4v) is 2.22. The maximum atomic E-state index is 10.7. The van der Waals surface area contributed by atoms with Crippen LogP contribution in [0.15, 0.2) is 24.3 Å². The average Bonchev–Trinajstić information content (AvgIpc) is 2.32. The number of benzene rings is 1. The van der Waals surface area contributed by atoms with Gasteiger partial charge in [-0.3, -0.25) is 10.1 Å². The Morgan fingerprint density at radius 1 is 1.53 bits per heavy atom. The van der Waals surface area contributed by atoms with E-state index in [1.807, 2.05) is 6.07 Å². The van der Waals surface area contributed by atoms with Crippen molar-refractivity contribution in [2.45, 2.75) is 18.9 Å². The van der Waals surface area contributed by atoms with Gasteiger partial charge in [-0.25, -0.2) is 0 Å². The van der Waals surface area contributed by atoms with Gasteiger partial charge in [-0.15, -0.1) is 0 Å². The zero-order valence-corrected chi connectivity index (χ0v) is 9.50. The minimum Gasteiger partial charge on any atom is -0.393 e. The first-order valence-electron chi connectivity index (χ1n) is 5.79. The number of rotatable bonds is 3. The monoisotopic (exact) mass is 236 g/mol. The van der Waals surface area contributed by atoms with Gasteiger partial charge >= 0.3 is 0 Å². The Hall–Kier alpha value is -1.46. The van der Waals surface area contributed by atoms with Crippen molar-refractivity contribution in [1.29, 1.82) is 0 Å². The molecule has 1 fully saturated rings. The van der Waals surface area contributed by atoms with E-state index >= 15 is 0 Å². The van der Waals surface area contributed by atoms with Gasteiger partial charge < -0.3 is 10.4 Å². The second-order valence-corrected chi connectivity index (χ2v) is 4.45. The number of nitro benzene ring substituents is 1. The van der Waals surface area contributed by atoms with E-state index in [1.54, 1.807) is 12.1 Å². The third-order valence-corrected chi connectivity index (χ3v) is 3.19. The quantitative estimate of drug-likeness (QED) is 0.609. The molecule has 0 bridgehead atoms. The summed E-state index contributed by atoms with van der Waals surface area (Å²) in [5.74, 6) is 0.144. The number of piperidine rings is 1. The summed E-state index contributed by atoms with van der Waals surface area (Å²) in [4.78, 5) is 10.3. The standard InChI is InChI=1S/C12H16N2O3/c15-12-4-5-13-8-10(12)6-9-2-1-3-11(7-9)14(16)17/h1-3,7,10,12-13,15H,4-6,8H2. The Morgan fingerprint density at radius 2 is 2.35 bits per heavy atom. The van der Waals surface area contributed by atoms with Crippen LogP contribution in [0, 0.1) is 16.0 Å². The molecule has 0 aromatic heterocycles. The third-order valence-electron chi connectivity index (χ3n) is 3.19. The van der Waals surface area contributed by atoms with E-state index in [0.29, 0.717) is 6.42 Å². The molecule has 1 aliphatic rings. The highest BCUT2D eigenvalue weighted by Crippen LogP contribution is 2.20. The van der Waals surface area contributed by atoms with Crippen molar-refractivity contribution < 1.29 is 10.0 Å². The van der Waals surface area contributed by atoms with Gasteiger partial charge in [-0.1, -0.05) is 12.1 Å². The lowest BCUT2D eigenvalue weighted by Crippen LogP contribution is -2.40. The lowest BCUT2D eigenvalue weighted by Gasteiger charge is -2.28. The predicted octanol–water partition coefficient (Wildman–Crippen LogP) is 1.11. The Balaban J connectivity index is 2.07. The van der Waals surface area contributed by atoms with Crippen molar-refractivity contribution in [3.8, 4) is 0 Å². The van der Waals surface area contributed by atoms with E-state index in [9.17, 15) is 15.2 Å². The molecular formula is C12H16N2O3. The molecule has 2 unspecified atom stereocenters. The second kappa shape index (κ2) is 5.25. The molecule has 0 amide bonds. The molecule has 2 atom stereocenters. The number of nitrogens with zero attached hydrogens (tertiary/aromatic N) is 1. The summed E-state index contributed by atoms with van der Waals surface area (Å²) in [6, 6.07) is 6.63. The average molecular weight is 236 g/mol. The van der Waals surface area contributed by atoms with Gasteiger partial charge in [0.2, 0.25) is 0 Å². The minimum atomic E-state index is -0.390. The Kier molecular flexibility index (Phi) is 3.71. The maximum absolute atomic E-state index is 10.7. The molecule has 1 heterocycles. The molecule has 5 heteroatoms. The molecule has 0 saturated carbocycles. The molecule has 0 spiro atoms. The Bertz CT molecular complexity index is 408. The van der Waals surface area contributed by atoms with E-state index in [0.717, 1.165) is 25.1 Å². The van der Waals surface area contributed by atoms with E-state index in [1.165, 1.54) is 6.07 Å². The van der Waals surface area contributed by atoms with Gasteiger partial charge in [-0.2, -0.15) is 0 Å². The number of hydrogen-bond donors (Lipinski definition) is 2. The lowest BCUT2D eigenvalue weighted by molar-refractivity contribution is -0.384. The predicted molar refractivity (Wildman–Crippen MR) is 63.8 cm³/mol. The fourth-order valence-electron chi connectivity index (χ4n) is 2.22. The molecule has 92 valence electrons. The van der Waals surface area contributed by atoms with Crippen LogP contribution in [0.1, 0.15) is 12.0 Å². The molecule has 2 N–H and O–H groups in total. The number of nitrogens with one attached hydrogen (secondary N) is 1. The number of aliphatic hydroxyl groups is 1. The molecule has 1 aromatic carbocycles. The first kappa shape index (κ1) is 12.0. The zero-order valence-electron chi connectivity index (χ0n) is 9.50. The van der Waals surface area contributed by atoms with E-state index in [4.69, 9.17) is 0 Å². The maximum Gasteiger partial charge on any atom is 0.269 e. The van der Waals surface area contributed by atoms with Crippen molar-refractivity contribution in [1.82, 2.24) is 5.32 Å². The topological polar surface area (TPSA) is 75.4 Å². The molecule has 5 nitrogen and oxygen atoms in total. The summed E-state index contributed by atoms with van der Waals surface area (Å²) < 4.78 is 0. The van der Waals surface area contributed by atoms with Gasteiger partial charge in [0.1, 0.15) is 0 Å². The van der Waals surface area contributed by atoms with Crippen molar-refractivity contribution in [2.75, 3.05) is 13.1 Å². The van der Waals surface area contributed by atoms with Crippen LogP contribution in [0.3, 0.4) is 0 Å². The molecule has 2 rings (SSSR count). The third kappa shape index (κ3) is 3.01. The molecule has 17 heavy (non-hydrogen) atoms. The van der Waals surface area contributed by atoms with E-state index < -0.39 is 0 Å². The van der Waals surface area contributed by atoms with Crippen LogP contribution in [0.2, 0.25) is 0 Å². The smallest absolute Gasteiger partial charge is 0.269 e. The lowest BCUT2D eigenvalue weighted by atomic mass is 9.90. The summed E-state index contributed by atoms with van der Waals surface area (Å²) in [6.07, 6.45) is 1.12. The van der Waals surface area contributed by atoms with Crippen LogP contribution in [0.25, 0.3) is 0 Å². The van der Waals surface area contributed by atoms with Crippen molar-refractivity contribution in [3.05, 3.63) is 39.9 Å². The highest BCUT2D eigenvalue weighted by Gasteiger charge is 2.23. The second-order valence-electron chi connectivity index (χ2n) is 4.45. The highest BCUT2D eigenvalue weighted by atomic mass is 16.6. The molecular weight excluding hydrogens is 220 g/mol. The van der Waals surface area contributed by atoms with Crippen molar-refractivity contribution in [2.24, 2.45) is 5.92 Å². The van der Waals surface area contributed by atoms with Gasteiger partial charge in [0, 0.05) is 24.6 Å². The number of hydrogen-bond acceptors (Lipinski definition) is 4. The van der Waals surface area contributed by atoms with Crippen LogP contribution >= 0.6 is 0 Å². The van der Waals surface area contributed by atoms with Gasteiger partial charge in [0.05, 0.1) is 11.0 Å². The Labute approximate surface area is 99.6 Å². The first-order valence-corrected chi connectivity index (χ1v) is 5.79. The van der Waals surface area contributed by atoms with Crippen molar-refractivity contribution in [3.63, 3.8) is 0 Å². The summed E-state index contributed by atoms with van der Waals surface area (Å²) >= 11 is 0. The Morgan fingerprint density at radius 3 is 3.06 bits per heavy atom. The van der Waals surface area contributed by atoms with Crippen LogP contribution in [-0.2, 0) is 6.42 Å². The van der Waals surface area contributed by atoms with Gasteiger partial charge in [0.15, 0.2) is 0 Å². The first-order chi connectivity index (χ1) is 8.16. The zero-order chi connectivity index (χ0) is 12.3. The van der Waals surface area contributed by atoms with Crippen LogP contribution in [0.5, 0.6) is 0 Å². The van der Waals surface area contributed by atoms with Gasteiger partial charge in [-0.05, 0) is 24.9 Å². The summed E-state index contributed by atoms with van der Waals surface area (Å²) in [5.41, 5.74) is 1.02. The summed E-state index contributed by atoms with van der Waals surface area (Å²) in [6.45, 7) is 1.61. The highest BCUT2D eigenvalue weighted by molar-refractivity contribution is 5.34. The van der Waals surface area contributed by atoms with Crippen LogP contribution < -0.4 is 5.32 Å². The minimum absolute atomic E-state index is 0.112. The number of nitro groups is 1. The van der Waals surface area contributed by atoms with Gasteiger partial charge in [0.25, 0.3) is 5.69 Å². The fraction of sp³-hybridized carbons (Fsp3) is 0.500. The summed E-state index contributed by atoms with van der Waals surface area (Å²) in [5, 5.41) is 23.7. The largest absolute Gasteiger partial charge is 0.393 e. The molecule has 0 radical (unpaired) electrons. The molecule has 1 aliphatic heterocycles. The van der Waals surface area contributed by atoms with Crippen LogP contribution in [-0.4, -0.2) is 29.2 Å². The molecule has 1 aromatic rings. The normalized spacial score (nSPS) is 24.5. The molecule has 0 aliphatic carbocycles. The van der Waals surface area contributed by atoms with E-state index in [-0.39, 0.29) is 22.6 Å². The van der Waals surface area contributed by atoms with Crippen molar-refractivity contribution >= 4 is 5.69 Å². The van der Waals surface area contributed by atoms with E-state index in [2.05, 4.69) is 5.32 Å². The summed E-state index contributed by atoms with van der Waals surface area (Å²) in [7, 11) is 0. The number of non-ortho nitro benzene ring substituents is 1. The SMILES string of the molecule is O=[N+]([O-])c1cccc(CC2CNCCC2O)c1. The van der Waals surface area contributed by atoms with Crippen LogP contribution in [0.4, 0.5) is 5.69 Å². The number of aliphatic hydroxyl groups excluding tert-OH is 1. The molecule has 1 saturated heterocycles.